The van der Waals surface area contributed by atoms with E-state index in [-0.39, 0.29) is 59.6 Å². The van der Waals surface area contributed by atoms with Crippen molar-refractivity contribution in [3.05, 3.63) is 0 Å². The van der Waals surface area contributed by atoms with Gasteiger partial charge in [0, 0.05) is 23.7 Å². The molecule has 0 amide bonds. The molecule has 29 heavy (non-hydrogen) atoms. The molecule has 6 unspecified atom stereocenters. The van der Waals surface area contributed by atoms with Crippen LogP contribution >= 0.6 is 0 Å². The summed E-state index contributed by atoms with van der Waals surface area (Å²) in [5.74, 6) is 0.396. The Balaban J connectivity index is 1.43. The maximum Gasteiger partial charge on any atom is 0.176 e. The molecule has 0 bridgehead atoms. The Hall–Kier alpha value is -0.926. The topological polar surface area (TPSA) is 77.5 Å². The van der Waals surface area contributed by atoms with Crippen LogP contribution in [0.4, 0.5) is 0 Å². The van der Waals surface area contributed by atoms with Gasteiger partial charge >= 0.3 is 0 Å². The van der Waals surface area contributed by atoms with E-state index in [9.17, 15) is 19.2 Å². The molecule has 4 aliphatic rings. The molecule has 4 saturated carbocycles. The van der Waals surface area contributed by atoms with Crippen molar-refractivity contribution < 1.29 is 23.3 Å². The first-order chi connectivity index (χ1) is 13.5. The Bertz CT molecular complexity index is 696. The standard InChI is InChI=1S/C22H34O5Si2/c1-28(2,13-5-7-15-17(9-13)21(25)11-19(15)23)27-29(3,4)14-6-8-16-18(10-14)22(26)12-20(16)24/h13-18H,5-12H2,1-4H3. The molecule has 4 aliphatic carbocycles. The van der Waals surface area contributed by atoms with Gasteiger partial charge in [-0.25, -0.2) is 0 Å². The number of fused-ring (bicyclic) bond motifs is 2. The molecule has 0 radical (unpaired) electrons. The summed E-state index contributed by atoms with van der Waals surface area (Å²) in [7, 11) is -4.10. The van der Waals surface area contributed by atoms with Crippen molar-refractivity contribution in [3.8, 4) is 0 Å². The second kappa shape index (κ2) is 7.34. The lowest BCUT2D eigenvalue weighted by Crippen LogP contribution is -2.52. The van der Waals surface area contributed by atoms with Gasteiger partial charge in [-0.2, -0.15) is 0 Å². The van der Waals surface area contributed by atoms with Crippen molar-refractivity contribution >= 4 is 39.8 Å². The summed E-state index contributed by atoms with van der Waals surface area (Å²) < 4.78 is 7.01. The number of Topliss-reactive ketones (excluding diaryl/α,β-unsaturated/α-hetero) is 4. The van der Waals surface area contributed by atoms with Crippen molar-refractivity contribution in [1.29, 1.82) is 0 Å². The smallest absolute Gasteiger partial charge is 0.176 e. The molecule has 0 saturated heterocycles. The van der Waals surface area contributed by atoms with E-state index >= 15 is 0 Å². The monoisotopic (exact) mass is 434 g/mol. The maximum atomic E-state index is 12.3. The Labute approximate surface area is 175 Å². The van der Waals surface area contributed by atoms with Crippen molar-refractivity contribution in [3.63, 3.8) is 0 Å². The fraction of sp³-hybridized carbons (Fsp3) is 0.818. The molecular weight excluding hydrogens is 400 g/mol. The van der Waals surface area contributed by atoms with Crippen LogP contribution in [0.25, 0.3) is 0 Å². The molecule has 6 atom stereocenters. The zero-order valence-corrected chi connectivity index (χ0v) is 20.2. The molecule has 0 aromatic rings. The first-order valence-corrected chi connectivity index (χ1v) is 17.3. The molecule has 0 aromatic heterocycles. The van der Waals surface area contributed by atoms with Gasteiger partial charge in [-0.1, -0.05) is 0 Å². The van der Waals surface area contributed by atoms with Crippen LogP contribution in [-0.4, -0.2) is 39.8 Å². The summed E-state index contributed by atoms with van der Waals surface area (Å²) in [6.45, 7) is 9.13. The molecule has 4 fully saturated rings. The summed E-state index contributed by atoms with van der Waals surface area (Å²) in [5.41, 5.74) is 0.827. The summed E-state index contributed by atoms with van der Waals surface area (Å²) in [6, 6.07) is 0. The molecule has 5 nitrogen and oxygen atoms in total. The van der Waals surface area contributed by atoms with E-state index < -0.39 is 16.6 Å². The molecular formula is C22H34O5Si2. The Kier molecular flexibility index (Phi) is 5.39. The number of carbonyl (C=O) groups excluding carboxylic acids is 4. The van der Waals surface area contributed by atoms with Gasteiger partial charge in [0.2, 0.25) is 0 Å². The second-order valence-electron chi connectivity index (χ2n) is 11.0. The van der Waals surface area contributed by atoms with Gasteiger partial charge < -0.3 is 4.12 Å². The summed E-state index contributed by atoms with van der Waals surface area (Å²) in [5, 5.41) is 0. The van der Waals surface area contributed by atoms with Crippen LogP contribution in [0.1, 0.15) is 51.4 Å². The Morgan fingerprint density at radius 2 is 0.931 bits per heavy atom. The third-order valence-electron chi connectivity index (χ3n) is 8.54. The number of carbonyl (C=O) groups is 4. The lowest BCUT2D eigenvalue weighted by Gasteiger charge is -2.46. The minimum absolute atomic E-state index is 0.0324. The normalized spacial score (nSPS) is 38.3. The van der Waals surface area contributed by atoms with Crippen LogP contribution < -0.4 is 0 Å². The van der Waals surface area contributed by atoms with Crippen LogP contribution in [-0.2, 0) is 23.3 Å². The number of hydrogen-bond donors (Lipinski definition) is 0. The first kappa shape index (κ1) is 21.3. The zero-order valence-electron chi connectivity index (χ0n) is 18.2. The molecule has 7 heteroatoms. The molecule has 4 rings (SSSR count). The van der Waals surface area contributed by atoms with Crippen molar-refractivity contribution in [2.24, 2.45) is 23.7 Å². The zero-order chi connectivity index (χ0) is 21.1. The highest BCUT2D eigenvalue weighted by Crippen LogP contribution is 2.51. The molecule has 0 aromatic carbocycles. The highest BCUT2D eigenvalue weighted by atomic mass is 28.4. The lowest BCUT2D eigenvalue weighted by atomic mass is 9.81. The SMILES string of the molecule is C[Si](C)(O[Si](C)(C)C1CCC2C(=O)CC(=O)C2C1)C1CCC2C(=O)CC(=O)C2C1. The molecule has 0 N–H and O–H groups in total. The molecule has 0 spiro atoms. The van der Waals surface area contributed by atoms with Gasteiger partial charge in [0.05, 0.1) is 12.8 Å². The van der Waals surface area contributed by atoms with Crippen molar-refractivity contribution in [1.82, 2.24) is 0 Å². The average molecular weight is 435 g/mol. The van der Waals surface area contributed by atoms with Crippen LogP contribution in [0, 0.1) is 23.7 Å². The van der Waals surface area contributed by atoms with Crippen LogP contribution in [0.15, 0.2) is 0 Å². The Morgan fingerprint density at radius 3 is 1.31 bits per heavy atom. The van der Waals surface area contributed by atoms with Gasteiger partial charge in [-0.15, -0.1) is 0 Å². The summed E-state index contributed by atoms with van der Waals surface area (Å²) in [4.78, 5) is 48.7. The fourth-order valence-electron chi connectivity index (χ4n) is 6.80. The summed E-state index contributed by atoms with van der Waals surface area (Å²) >= 11 is 0. The van der Waals surface area contributed by atoms with Crippen molar-refractivity contribution in [2.45, 2.75) is 88.6 Å². The van der Waals surface area contributed by atoms with E-state index in [2.05, 4.69) is 26.2 Å². The quantitative estimate of drug-likeness (QED) is 0.492. The van der Waals surface area contributed by atoms with Crippen molar-refractivity contribution in [2.75, 3.05) is 0 Å². The highest BCUT2D eigenvalue weighted by Gasteiger charge is 2.53. The summed E-state index contributed by atoms with van der Waals surface area (Å²) in [6.07, 6.45) is 5.59. The number of hydrogen-bond acceptors (Lipinski definition) is 5. The van der Waals surface area contributed by atoms with E-state index in [1.165, 1.54) is 0 Å². The van der Waals surface area contributed by atoms with Gasteiger partial charge in [0.15, 0.2) is 16.6 Å². The van der Waals surface area contributed by atoms with Gasteiger partial charge in [-0.05, 0) is 75.8 Å². The van der Waals surface area contributed by atoms with E-state index in [0.717, 1.165) is 38.5 Å². The van der Waals surface area contributed by atoms with Gasteiger partial charge in [0.25, 0.3) is 0 Å². The van der Waals surface area contributed by atoms with Gasteiger partial charge in [0.1, 0.15) is 23.1 Å². The number of ketones is 4. The minimum Gasteiger partial charge on any atom is -0.455 e. The Morgan fingerprint density at radius 1 is 0.586 bits per heavy atom. The van der Waals surface area contributed by atoms with E-state index in [4.69, 9.17) is 4.12 Å². The highest BCUT2D eigenvalue weighted by molar-refractivity contribution is 6.86. The van der Waals surface area contributed by atoms with E-state index in [1.807, 2.05) is 0 Å². The average Bonchev–Trinajstić information content (AvgIpc) is 3.09. The van der Waals surface area contributed by atoms with E-state index in [0.29, 0.717) is 11.1 Å². The molecule has 0 heterocycles. The lowest BCUT2D eigenvalue weighted by molar-refractivity contribution is -0.124. The number of rotatable bonds is 4. The second-order valence-corrected chi connectivity index (χ2v) is 19.8. The van der Waals surface area contributed by atoms with Crippen LogP contribution in [0.2, 0.25) is 37.3 Å². The molecule has 160 valence electrons. The predicted octanol–water partition coefficient (Wildman–Crippen LogP) is 4.07. The predicted molar refractivity (Wildman–Crippen MR) is 114 cm³/mol. The third-order valence-corrected chi connectivity index (χ3v) is 17.7. The largest absolute Gasteiger partial charge is 0.455 e. The fourth-order valence-corrected chi connectivity index (χ4v) is 16.9. The first-order valence-electron chi connectivity index (χ1n) is 11.3. The van der Waals surface area contributed by atoms with Crippen LogP contribution in [0.5, 0.6) is 0 Å². The minimum atomic E-state index is -2.05. The van der Waals surface area contributed by atoms with Crippen LogP contribution in [0.3, 0.4) is 0 Å². The third kappa shape index (κ3) is 3.78. The van der Waals surface area contributed by atoms with E-state index in [1.54, 1.807) is 0 Å². The van der Waals surface area contributed by atoms with Gasteiger partial charge in [-0.3, -0.25) is 19.2 Å². The maximum absolute atomic E-state index is 12.3. The molecule has 0 aliphatic heterocycles.